The molecule has 0 saturated carbocycles. The summed E-state index contributed by atoms with van der Waals surface area (Å²) in [5, 5.41) is 8.05. The van der Waals surface area contributed by atoms with Crippen LogP contribution in [0, 0.1) is 18.7 Å². The van der Waals surface area contributed by atoms with Crippen molar-refractivity contribution in [1.29, 1.82) is 0 Å². The van der Waals surface area contributed by atoms with Gasteiger partial charge in [-0.3, -0.25) is 9.80 Å². The van der Waals surface area contributed by atoms with Crippen molar-refractivity contribution in [1.82, 2.24) is 20.0 Å². The summed E-state index contributed by atoms with van der Waals surface area (Å²) in [6.07, 6.45) is 1.09. The van der Waals surface area contributed by atoms with Crippen LogP contribution in [0.3, 0.4) is 0 Å². The number of benzene rings is 1. The minimum absolute atomic E-state index is 0.180. The quantitative estimate of drug-likeness (QED) is 0.832. The van der Waals surface area contributed by atoms with Crippen LogP contribution >= 0.6 is 0 Å². The summed E-state index contributed by atoms with van der Waals surface area (Å²) in [5.41, 5.74) is 1.16. The molecule has 0 unspecified atom stereocenters. The fourth-order valence-corrected chi connectivity index (χ4v) is 3.52. The highest BCUT2D eigenvalue weighted by Crippen LogP contribution is 2.21. The largest absolute Gasteiger partial charge is 0.424 e. The zero-order valence-electron chi connectivity index (χ0n) is 15.3. The first kappa shape index (κ1) is 18.0. The summed E-state index contributed by atoms with van der Waals surface area (Å²) in [6, 6.07) is 7.30. The van der Waals surface area contributed by atoms with Crippen LogP contribution in [0.4, 0.5) is 4.39 Å². The van der Waals surface area contributed by atoms with Gasteiger partial charge in [0.2, 0.25) is 11.8 Å². The van der Waals surface area contributed by atoms with Crippen LogP contribution in [-0.2, 0) is 13.1 Å². The first-order valence-corrected chi connectivity index (χ1v) is 9.01. The molecule has 2 heterocycles. The Morgan fingerprint density at radius 2 is 1.92 bits per heavy atom. The Morgan fingerprint density at radius 1 is 1.16 bits per heavy atom. The number of rotatable bonds is 5. The maximum Gasteiger partial charge on any atom is 0.230 e. The molecule has 0 spiro atoms. The van der Waals surface area contributed by atoms with Crippen LogP contribution in [0.5, 0.6) is 0 Å². The molecule has 1 aromatic carbocycles. The molecule has 1 aromatic heterocycles. The Balaban J connectivity index is 1.68. The summed E-state index contributed by atoms with van der Waals surface area (Å²) in [5.74, 6) is 1.65. The normalized spacial score (nSPS) is 20.1. The molecule has 2 aromatic rings. The molecular formula is C19H27FN4O. The summed E-state index contributed by atoms with van der Waals surface area (Å²) >= 11 is 0. The third-order valence-corrected chi connectivity index (χ3v) is 4.83. The molecule has 1 fully saturated rings. The van der Waals surface area contributed by atoms with Gasteiger partial charge >= 0.3 is 0 Å². The fourth-order valence-electron chi connectivity index (χ4n) is 3.52. The Labute approximate surface area is 148 Å². The lowest BCUT2D eigenvalue weighted by molar-refractivity contribution is 0.126. The van der Waals surface area contributed by atoms with Crippen molar-refractivity contribution in [2.45, 2.75) is 46.3 Å². The standard InChI is InChI=1S/C19H27FN4O/c1-14(2)18-12-23(13-19-22-21-15(3)25-19)9-4-10-24(18)11-16-5-7-17(20)8-6-16/h5-8,14,18H,4,9-13H2,1-3H3/t18-/m1/s1. The molecule has 0 bridgehead atoms. The number of halogens is 1. The SMILES string of the molecule is Cc1nnc(CN2CCCN(Cc3ccc(F)cc3)[C@@H](C(C)C)C2)o1. The van der Waals surface area contributed by atoms with E-state index in [1.165, 1.54) is 0 Å². The Hall–Kier alpha value is -1.79. The molecule has 1 aliphatic heterocycles. The second kappa shape index (κ2) is 8.06. The minimum atomic E-state index is -0.180. The molecule has 0 amide bonds. The van der Waals surface area contributed by atoms with Gasteiger partial charge < -0.3 is 4.42 Å². The fraction of sp³-hybridized carbons (Fsp3) is 0.579. The second-order valence-corrected chi connectivity index (χ2v) is 7.21. The molecule has 0 radical (unpaired) electrons. The summed E-state index contributed by atoms with van der Waals surface area (Å²) in [7, 11) is 0. The van der Waals surface area contributed by atoms with Gasteiger partial charge in [0.05, 0.1) is 6.54 Å². The Kier molecular flexibility index (Phi) is 5.81. The van der Waals surface area contributed by atoms with E-state index in [2.05, 4.69) is 33.8 Å². The van der Waals surface area contributed by atoms with E-state index in [1.54, 1.807) is 12.1 Å². The lowest BCUT2D eigenvalue weighted by Crippen LogP contribution is -2.43. The van der Waals surface area contributed by atoms with Crippen LogP contribution in [-0.4, -0.2) is 45.7 Å². The number of nitrogens with zero attached hydrogens (tertiary/aromatic N) is 4. The lowest BCUT2D eigenvalue weighted by atomic mass is 10.0. The molecule has 1 aliphatic rings. The zero-order valence-corrected chi connectivity index (χ0v) is 15.3. The van der Waals surface area contributed by atoms with E-state index in [9.17, 15) is 4.39 Å². The molecule has 1 saturated heterocycles. The van der Waals surface area contributed by atoms with E-state index in [1.807, 2.05) is 19.1 Å². The van der Waals surface area contributed by atoms with Gasteiger partial charge in [-0.05, 0) is 36.6 Å². The molecule has 3 rings (SSSR count). The van der Waals surface area contributed by atoms with Gasteiger partial charge in [-0.1, -0.05) is 26.0 Å². The predicted octanol–water partition coefficient (Wildman–Crippen LogP) is 3.25. The van der Waals surface area contributed by atoms with E-state index in [4.69, 9.17) is 4.42 Å². The summed E-state index contributed by atoms with van der Waals surface area (Å²) in [4.78, 5) is 4.93. The van der Waals surface area contributed by atoms with Crippen molar-refractivity contribution >= 4 is 0 Å². The van der Waals surface area contributed by atoms with E-state index in [-0.39, 0.29) is 5.82 Å². The molecule has 5 nitrogen and oxygen atoms in total. The monoisotopic (exact) mass is 346 g/mol. The van der Waals surface area contributed by atoms with Gasteiger partial charge in [-0.2, -0.15) is 0 Å². The van der Waals surface area contributed by atoms with Crippen LogP contribution in [0.15, 0.2) is 28.7 Å². The van der Waals surface area contributed by atoms with Crippen molar-refractivity contribution in [3.05, 3.63) is 47.4 Å². The highest BCUT2D eigenvalue weighted by molar-refractivity contribution is 5.16. The van der Waals surface area contributed by atoms with Crippen molar-refractivity contribution in [2.24, 2.45) is 5.92 Å². The molecule has 0 N–H and O–H groups in total. The molecule has 1 atom stereocenters. The van der Waals surface area contributed by atoms with Gasteiger partial charge in [0.25, 0.3) is 0 Å². The summed E-state index contributed by atoms with van der Waals surface area (Å²) < 4.78 is 18.7. The minimum Gasteiger partial charge on any atom is -0.424 e. The van der Waals surface area contributed by atoms with Crippen molar-refractivity contribution in [2.75, 3.05) is 19.6 Å². The Morgan fingerprint density at radius 3 is 2.56 bits per heavy atom. The molecule has 0 aliphatic carbocycles. The van der Waals surface area contributed by atoms with Gasteiger partial charge in [-0.25, -0.2) is 4.39 Å². The van der Waals surface area contributed by atoms with Gasteiger partial charge in [0.1, 0.15) is 5.82 Å². The van der Waals surface area contributed by atoms with Crippen molar-refractivity contribution in [3.8, 4) is 0 Å². The highest BCUT2D eigenvalue weighted by atomic mass is 19.1. The maximum atomic E-state index is 13.2. The average molecular weight is 346 g/mol. The number of hydrogen-bond donors (Lipinski definition) is 0. The molecule has 25 heavy (non-hydrogen) atoms. The lowest BCUT2D eigenvalue weighted by Gasteiger charge is -2.34. The van der Waals surface area contributed by atoms with Crippen LogP contribution in [0.2, 0.25) is 0 Å². The Bertz CT molecular complexity index is 670. The average Bonchev–Trinajstić information content (AvgIpc) is 2.87. The van der Waals surface area contributed by atoms with E-state index >= 15 is 0 Å². The van der Waals surface area contributed by atoms with E-state index < -0.39 is 0 Å². The van der Waals surface area contributed by atoms with Gasteiger partial charge in [0.15, 0.2) is 0 Å². The number of aromatic nitrogens is 2. The van der Waals surface area contributed by atoms with Gasteiger partial charge in [-0.15, -0.1) is 10.2 Å². The van der Waals surface area contributed by atoms with Crippen molar-refractivity contribution < 1.29 is 8.81 Å². The summed E-state index contributed by atoms with van der Waals surface area (Å²) in [6.45, 7) is 10.9. The van der Waals surface area contributed by atoms with Crippen LogP contribution in [0.25, 0.3) is 0 Å². The predicted molar refractivity (Wildman–Crippen MR) is 94.4 cm³/mol. The van der Waals surface area contributed by atoms with E-state index in [0.717, 1.165) is 38.2 Å². The van der Waals surface area contributed by atoms with Crippen LogP contribution < -0.4 is 0 Å². The number of aryl methyl sites for hydroxylation is 1. The maximum absolute atomic E-state index is 13.2. The smallest absolute Gasteiger partial charge is 0.230 e. The second-order valence-electron chi connectivity index (χ2n) is 7.21. The van der Waals surface area contributed by atoms with Crippen molar-refractivity contribution in [3.63, 3.8) is 0 Å². The zero-order chi connectivity index (χ0) is 17.8. The first-order chi connectivity index (χ1) is 12.0. The van der Waals surface area contributed by atoms with E-state index in [0.29, 0.717) is 30.3 Å². The first-order valence-electron chi connectivity index (χ1n) is 9.01. The third kappa shape index (κ3) is 4.86. The highest BCUT2D eigenvalue weighted by Gasteiger charge is 2.28. The molecular weight excluding hydrogens is 319 g/mol. The topological polar surface area (TPSA) is 45.4 Å². The number of hydrogen-bond acceptors (Lipinski definition) is 5. The van der Waals surface area contributed by atoms with Crippen LogP contribution in [0.1, 0.15) is 37.6 Å². The third-order valence-electron chi connectivity index (χ3n) is 4.83. The molecule has 6 heteroatoms. The van der Waals surface area contributed by atoms with Gasteiger partial charge in [0, 0.05) is 32.6 Å². The molecule has 136 valence electrons.